The van der Waals surface area contributed by atoms with E-state index in [1.54, 1.807) is 26.1 Å². The van der Waals surface area contributed by atoms with Crippen LogP contribution in [0.4, 0.5) is 5.82 Å². The number of H-pyrrole nitrogens is 1. The average molecular weight is 470 g/mol. The van der Waals surface area contributed by atoms with Gasteiger partial charge in [0.1, 0.15) is 29.5 Å². The Morgan fingerprint density at radius 1 is 1.24 bits per heavy atom. The van der Waals surface area contributed by atoms with E-state index in [-0.39, 0.29) is 36.0 Å². The van der Waals surface area contributed by atoms with Gasteiger partial charge in [0.25, 0.3) is 11.5 Å². The molecule has 0 bridgehead atoms. The number of aromatic amines is 1. The van der Waals surface area contributed by atoms with Crippen molar-refractivity contribution in [1.29, 1.82) is 5.41 Å². The standard InChI is InChI=1S/C24H31N5O5/c1-4-34-18(30)13-27-23(31)15-10-11-16(17(12-15)33-3)21-28-22(26-2)19(24(32)29-21)20(25)14-8-6-5-7-9-14/h10-12,14,25H,4-9,13H2,1-3H3,(H,27,31)(H2,26,28,29,32). The van der Waals surface area contributed by atoms with Crippen LogP contribution in [0.25, 0.3) is 11.4 Å². The minimum absolute atomic E-state index is 0.0524. The van der Waals surface area contributed by atoms with Gasteiger partial charge < -0.3 is 30.5 Å². The lowest BCUT2D eigenvalue weighted by atomic mass is 9.83. The number of nitrogens with one attached hydrogen (secondary N) is 4. The van der Waals surface area contributed by atoms with E-state index >= 15 is 0 Å². The summed E-state index contributed by atoms with van der Waals surface area (Å²) in [5.41, 5.74) is 0.922. The van der Waals surface area contributed by atoms with Crippen LogP contribution in [0.1, 0.15) is 54.9 Å². The third-order valence-electron chi connectivity index (χ3n) is 5.86. The summed E-state index contributed by atoms with van der Waals surface area (Å²) in [6, 6.07) is 4.67. The predicted molar refractivity (Wildman–Crippen MR) is 129 cm³/mol. The van der Waals surface area contributed by atoms with Crippen molar-refractivity contribution in [3.8, 4) is 17.1 Å². The molecule has 1 aliphatic rings. The SMILES string of the molecule is CCOC(=O)CNC(=O)c1ccc(-c2nc(NC)c(C(=N)C3CCCCC3)c(=O)[nH]2)c(OC)c1. The summed E-state index contributed by atoms with van der Waals surface area (Å²) < 4.78 is 10.3. The number of ether oxygens (including phenoxy) is 2. The highest BCUT2D eigenvalue weighted by Crippen LogP contribution is 2.31. The van der Waals surface area contributed by atoms with Crippen LogP contribution in [0.5, 0.6) is 5.75 Å². The fourth-order valence-electron chi connectivity index (χ4n) is 4.12. The Hall–Kier alpha value is -3.69. The molecule has 0 unspecified atom stereocenters. The molecule has 10 heteroatoms. The van der Waals surface area contributed by atoms with Gasteiger partial charge in [0.2, 0.25) is 0 Å². The number of esters is 1. The zero-order valence-corrected chi connectivity index (χ0v) is 19.7. The number of amides is 1. The molecule has 1 heterocycles. The molecule has 1 amide bonds. The summed E-state index contributed by atoms with van der Waals surface area (Å²) in [6.07, 6.45) is 5.07. The van der Waals surface area contributed by atoms with Crippen LogP contribution in [0.3, 0.4) is 0 Å². The number of hydrogen-bond acceptors (Lipinski definition) is 8. The van der Waals surface area contributed by atoms with Gasteiger partial charge in [-0.2, -0.15) is 0 Å². The zero-order chi connectivity index (χ0) is 24.7. The molecule has 1 aliphatic carbocycles. The van der Waals surface area contributed by atoms with Gasteiger partial charge in [-0.1, -0.05) is 19.3 Å². The van der Waals surface area contributed by atoms with Crippen LogP contribution in [0.15, 0.2) is 23.0 Å². The molecule has 4 N–H and O–H groups in total. The molecule has 182 valence electrons. The monoisotopic (exact) mass is 469 g/mol. The topological polar surface area (TPSA) is 146 Å². The summed E-state index contributed by atoms with van der Waals surface area (Å²) in [5.74, 6) is -0.0376. The van der Waals surface area contributed by atoms with Gasteiger partial charge in [-0.05, 0) is 38.0 Å². The Balaban J connectivity index is 1.89. The summed E-state index contributed by atoms with van der Waals surface area (Å²) in [5, 5.41) is 14.1. The van der Waals surface area contributed by atoms with E-state index in [4.69, 9.17) is 14.9 Å². The van der Waals surface area contributed by atoms with Crippen LogP contribution in [-0.4, -0.2) is 54.9 Å². The first-order valence-electron chi connectivity index (χ1n) is 11.4. The van der Waals surface area contributed by atoms with Gasteiger partial charge in [0.05, 0.1) is 25.0 Å². The minimum Gasteiger partial charge on any atom is -0.496 e. The number of carbonyl (C=O) groups is 2. The van der Waals surface area contributed by atoms with Crippen LogP contribution in [0.2, 0.25) is 0 Å². The third-order valence-corrected chi connectivity index (χ3v) is 5.86. The number of benzene rings is 1. The predicted octanol–water partition coefficient (Wildman–Crippen LogP) is 2.73. The highest BCUT2D eigenvalue weighted by Gasteiger charge is 2.25. The van der Waals surface area contributed by atoms with Crippen molar-refractivity contribution >= 4 is 23.4 Å². The number of anilines is 1. The number of nitrogens with zero attached hydrogens (tertiary/aromatic N) is 1. The molecule has 10 nitrogen and oxygen atoms in total. The molecule has 0 radical (unpaired) electrons. The van der Waals surface area contributed by atoms with Crippen molar-refractivity contribution < 1.29 is 19.1 Å². The quantitative estimate of drug-likeness (QED) is 0.326. The molecule has 1 fully saturated rings. The molecule has 34 heavy (non-hydrogen) atoms. The van der Waals surface area contributed by atoms with Crippen molar-refractivity contribution in [1.82, 2.24) is 15.3 Å². The molecule has 1 saturated carbocycles. The Bertz CT molecular complexity index is 1120. The molecule has 0 atom stereocenters. The first-order chi connectivity index (χ1) is 16.4. The largest absolute Gasteiger partial charge is 0.496 e. The van der Waals surface area contributed by atoms with Crippen molar-refractivity contribution in [2.75, 3.05) is 32.6 Å². The van der Waals surface area contributed by atoms with Crippen molar-refractivity contribution in [3.63, 3.8) is 0 Å². The summed E-state index contributed by atoms with van der Waals surface area (Å²) in [7, 11) is 3.11. The minimum atomic E-state index is -0.528. The second-order valence-corrected chi connectivity index (χ2v) is 8.04. The van der Waals surface area contributed by atoms with Crippen molar-refractivity contribution in [2.45, 2.75) is 39.0 Å². The van der Waals surface area contributed by atoms with Crippen LogP contribution in [-0.2, 0) is 9.53 Å². The van der Waals surface area contributed by atoms with Crippen molar-refractivity contribution in [2.24, 2.45) is 5.92 Å². The molecule has 1 aromatic carbocycles. The van der Waals surface area contributed by atoms with E-state index < -0.39 is 17.4 Å². The highest BCUT2D eigenvalue weighted by atomic mass is 16.5. The Morgan fingerprint density at radius 3 is 2.62 bits per heavy atom. The number of rotatable bonds is 9. The average Bonchev–Trinajstić information content (AvgIpc) is 2.86. The van der Waals surface area contributed by atoms with E-state index in [1.807, 2.05) is 0 Å². The molecule has 0 saturated heterocycles. The van der Waals surface area contributed by atoms with E-state index in [0.717, 1.165) is 32.1 Å². The molecule has 1 aromatic heterocycles. The highest BCUT2D eigenvalue weighted by molar-refractivity contribution is 6.03. The van der Waals surface area contributed by atoms with E-state index in [9.17, 15) is 14.4 Å². The van der Waals surface area contributed by atoms with Gasteiger partial charge in [-0.3, -0.25) is 14.4 Å². The summed E-state index contributed by atoms with van der Waals surface area (Å²) >= 11 is 0. The maximum atomic E-state index is 13.0. The molecule has 0 spiro atoms. The maximum absolute atomic E-state index is 13.0. The third kappa shape index (κ3) is 5.62. The molecular weight excluding hydrogens is 438 g/mol. The molecule has 3 rings (SSSR count). The summed E-state index contributed by atoms with van der Waals surface area (Å²) in [6.45, 7) is 1.67. The Labute approximate surface area is 198 Å². The lowest BCUT2D eigenvalue weighted by Crippen LogP contribution is -2.30. The molecule has 0 aliphatic heterocycles. The first kappa shape index (κ1) is 24.9. The second-order valence-electron chi connectivity index (χ2n) is 8.04. The Kier molecular flexibility index (Phi) is 8.39. The van der Waals surface area contributed by atoms with E-state index in [0.29, 0.717) is 22.8 Å². The maximum Gasteiger partial charge on any atom is 0.325 e. The number of aromatic nitrogens is 2. The number of methoxy groups -OCH3 is 1. The fourth-order valence-corrected chi connectivity index (χ4v) is 4.12. The van der Waals surface area contributed by atoms with Crippen LogP contribution < -0.4 is 20.9 Å². The normalized spacial score (nSPS) is 13.7. The van der Waals surface area contributed by atoms with E-state index in [1.165, 1.54) is 13.2 Å². The first-order valence-corrected chi connectivity index (χ1v) is 11.4. The lowest BCUT2D eigenvalue weighted by molar-refractivity contribution is -0.141. The summed E-state index contributed by atoms with van der Waals surface area (Å²) in [4.78, 5) is 44.3. The lowest BCUT2D eigenvalue weighted by Gasteiger charge is -2.23. The number of carbonyl (C=O) groups excluding carboxylic acids is 2. The van der Waals surface area contributed by atoms with E-state index in [2.05, 4.69) is 20.6 Å². The number of hydrogen-bond donors (Lipinski definition) is 4. The Morgan fingerprint density at radius 2 is 1.97 bits per heavy atom. The van der Waals surface area contributed by atoms with Crippen LogP contribution >= 0.6 is 0 Å². The second kappa shape index (κ2) is 11.4. The van der Waals surface area contributed by atoms with Gasteiger partial charge in [0.15, 0.2) is 0 Å². The van der Waals surface area contributed by atoms with Gasteiger partial charge in [0, 0.05) is 18.5 Å². The van der Waals surface area contributed by atoms with Gasteiger partial charge >= 0.3 is 5.97 Å². The van der Waals surface area contributed by atoms with Crippen molar-refractivity contribution in [3.05, 3.63) is 39.7 Å². The molecule has 2 aromatic rings. The molecular formula is C24H31N5O5. The van der Waals surface area contributed by atoms with Gasteiger partial charge in [-0.25, -0.2) is 4.98 Å². The van der Waals surface area contributed by atoms with Crippen LogP contribution in [0, 0.1) is 11.3 Å². The smallest absolute Gasteiger partial charge is 0.325 e. The zero-order valence-electron chi connectivity index (χ0n) is 19.7. The van der Waals surface area contributed by atoms with Gasteiger partial charge in [-0.15, -0.1) is 0 Å². The fraction of sp³-hybridized carbons (Fsp3) is 0.458.